The van der Waals surface area contributed by atoms with Gasteiger partial charge in [-0.15, -0.1) is 0 Å². The molecule has 0 saturated heterocycles. The molecule has 0 N–H and O–H groups in total. The molecule has 4 nitrogen and oxygen atoms in total. The van der Waals surface area contributed by atoms with Gasteiger partial charge in [0.25, 0.3) is 0 Å². The molecule has 29 heavy (non-hydrogen) atoms. The highest BCUT2D eigenvalue weighted by atomic mass is 32.2. The lowest BCUT2D eigenvalue weighted by Crippen LogP contribution is -2.18. The zero-order chi connectivity index (χ0) is 20.9. The minimum atomic E-state index is -3.75. The van der Waals surface area contributed by atoms with Crippen molar-refractivity contribution in [3.8, 4) is 5.75 Å². The van der Waals surface area contributed by atoms with Crippen molar-refractivity contribution in [2.24, 2.45) is 0 Å². The monoisotopic (exact) mass is 408 g/mol. The molecule has 0 bridgehead atoms. The molecule has 0 fully saturated rings. The lowest BCUT2D eigenvalue weighted by molar-refractivity contribution is 0.0980. The number of ether oxygens (including phenoxy) is 1. The fourth-order valence-electron chi connectivity index (χ4n) is 3.12. The molecule has 0 aliphatic carbocycles. The molecule has 0 aliphatic rings. The van der Waals surface area contributed by atoms with Crippen LogP contribution in [0.3, 0.4) is 0 Å². The van der Waals surface area contributed by atoms with E-state index in [4.69, 9.17) is 4.74 Å². The maximum atomic E-state index is 13.4. The molecule has 0 saturated carbocycles. The van der Waals surface area contributed by atoms with Crippen LogP contribution in [0.2, 0.25) is 0 Å². The van der Waals surface area contributed by atoms with Gasteiger partial charge >= 0.3 is 0 Å². The van der Waals surface area contributed by atoms with Crippen LogP contribution in [0.1, 0.15) is 41.4 Å². The molecule has 3 aromatic carbocycles. The van der Waals surface area contributed by atoms with Crippen LogP contribution >= 0.6 is 0 Å². The maximum absolute atomic E-state index is 13.4. The Bertz CT molecular complexity index is 1040. The van der Waals surface area contributed by atoms with E-state index in [1.165, 1.54) is 0 Å². The van der Waals surface area contributed by atoms with Gasteiger partial charge in [-0.1, -0.05) is 60.7 Å². The summed E-state index contributed by atoms with van der Waals surface area (Å²) in [6, 6.07) is 24.0. The standard InChI is InChI=1S/C24H24O4S/c1-18(2)28-21-15-13-20(14-16-21)24(17-23(25)19-9-5-3-6-10-19)29(26,27)22-11-7-4-8-12-22/h3-16,18,24H,17H2,1-2H3. The van der Waals surface area contributed by atoms with Crippen LogP contribution in [0.15, 0.2) is 89.8 Å². The smallest absolute Gasteiger partial charge is 0.185 e. The number of ketones is 1. The Labute approximate surface area is 172 Å². The largest absolute Gasteiger partial charge is 0.491 e. The Balaban J connectivity index is 1.98. The van der Waals surface area contributed by atoms with Gasteiger partial charge in [-0.3, -0.25) is 4.79 Å². The first kappa shape index (κ1) is 20.8. The highest BCUT2D eigenvalue weighted by Crippen LogP contribution is 2.34. The summed E-state index contributed by atoms with van der Waals surface area (Å²) in [5.41, 5.74) is 1.06. The van der Waals surface area contributed by atoms with Gasteiger partial charge in [0.2, 0.25) is 0 Å². The first-order valence-electron chi connectivity index (χ1n) is 9.52. The number of Topliss-reactive ketones (excluding diaryl/α,β-unsaturated/α-hetero) is 1. The molecule has 0 radical (unpaired) electrons. The summed E-state index contributed by atoms with van der Waals surface area (Å²) in [6.45, 7) is 3.85. The number of sulfone groups is 1. The van der Waals surface area contributed by atoms with E-state index in [9.17, 15) is 13.2 Å². The van der Waals surface area contributed by atoms with Gasteiger partial charge in [0.15, 0.2) is 15.6 Å². The van der Waals surface area contributed by atoms with Gasteiger partial charge in [-0.2, -0.15) is 0 Å². The van der Waals surface area contributed by atoms with E-state index in [1.807, 2.05) is 19.9 Å². The number of carbonyl (C=O) groups is 1. The van der Waals surface area contributed by atoms with Crippen molar-refractivity contribution < 1.29 is 17.9 Å². The molecule has 0 amide bonds. The van der Waals surface area contributed by atoms with Gasteiger partial charge in [0.05, 0.1) is 16.2 Å². The SMILES string of the molecule is CC(C)Oc1ccc(C(CC(=O)c2ccccc2)S(=O)(=O)c2ccccc2)cc1. The normalized spacial score (nSPS) is 12.5. The minimum Gasteiger partial charge on any atom is -0.491 e. The van der Waals surface area contributed by atoms with E-state index in [0.29, 0.717) is 16.9 Å². The summed E-state index contributed by atoms with van der Waals surface area (Å²) in [6.07, 6.45) is -0.115. The van der Waals surface area contributed by atoms with Crippen molar-refractivity contribution in [2.75, 3.05) is 0 Å². The number of benzene rings is 3. The zero-order valence-corrected chi connectivity index (χ0v) is 17.3. The maximum Gasteiger partial charge on any atom is 0.185 e. The van der Waals surface area contributed by atoms with E-state index in [0.717, 1.165) is 0 Å². The molecule has 1 atom stereocenters. The van der Waals surface area contributed by atoms with Crippen LogP contribution < -0.4 is 4.74 Å². The summed E-state index contributed by atoms with van der Waals surface area (Å²) < 4.78 is 32.4. The van der Waals surface area contributed by atoms with Crippen molar-refractivity contribution in [1.82, 2.24) is 0 Å². The van der Waals surface area contributed by atoms with Crippen LogP contribution in [0.4, 0.5) is 0 Å². The second kappa shape index (κ2) is 9.05. The topological polar surface area (TPSA) is 60.4 Å². The van der Waals surface area contributed by atoms with Crippen LogP contribution in [0, 0.1) is 0 Å². The lowest BCUT2D eigenvalue weighted by Gasteiger charge is -2.19. The quantitative estimate of drug-likeness (QED) is 0.477. The predicted molar refractivity (Wildman–Crippen MR) is 114 cm³/mol. The van der Waals surface area contributed by atoms with Crippen molar-refractivity contribution >= 4 is 15.6 Å². The molecule has 150 valence electrons. The fraction of sp³-hybridized carbons (Fsp3) is 0.208. The van der Waals surface area contributed by atoms with Crippen molar-refractivity contribution in [3.63, 3.8) is 0 Å². The summed E-state index contributed by atoms with van der Waals surface area (Å²) >= 11 is 0. The molecular formula is C24H24O4S. The molecule has 0 aromatic heterocycles. The second-order valence-corrected chi connectivity index (χ2v) is 9.21. The van der Waals surface area contributed by atoms with Gasteiger partial charge in [0, 0.05) is 12.0 Å². The third kappa shape index (κ3) is 5.12. The molecular weight excluding hydrogens is 384 g/mol. The average molecular weight is 409 g/mol. The van der Waals surface area contributed by atoms with Gasteiger partial charge in [-0.05, 0) is 43.7 Å². The summed E-state index contributed by atoms with van der Waals surface area (Å²) in [5, 5.41) is -0.981. The first-order valence-corrected chi connectivity index (χ1v) is 11.1. The Hall–Kier alpha value is -2.92. The minimum absolute atomic E-state index is 0.0179. The highest BCUT2D eigenvalue weighted by Gasteiger charge is 2.31. The van der Waals surface area contributed by atoms with E-state index >= 15 is 0 Å². The number of carbonyl (C=O) groups excluding carboxylic acids is 1. The Morgan fingerprint density at radius 3 is 1.93 bits per heavy atom. The van der Waals surface area contributed by atoms with E-state index in [1.54, 1.807) is 78.9 Å². The van der Waals surface area contributed by atoms with Gasteiger partial charge in [0.1, 0.15) is 5.75 Å². The number of hydrogen-bond acceptors (Lipinski definition) is 4. The predicted octanol–water partition coefficient (Wildman–Crippen LogP) is 5.26. The number of hydrogen-bond donors (Lipinski definition) is 0. The molecule has 3 rings (SSSR count). The summed E-state index contributed by atoms with van der Waals surface area (Å²) in [4.78, 5) is 13.0. The Morgan fingerprint density at radius 1 is 0.828 bits per heavy atom. The van der Waals surface area contributed by atoms with Crippen molar-refractivity contribution in [1.29, 1.82) is 0 Å². The lowest BCUT2D eigenvalue weighted by atomic mass is 10.0. The first-order chi connectivity index (χ1) is 13.9. The average Bonchev–Trinajstić information content (AvgIpc) is 2.73. The third-order valence-corrected chi connectivity index (χ3v) is 6.65. The Morgan fingerprint density at radius 2 is 1.38 bits per heavy atom. The van der Waals surface area contributed by atoms with Crippen LogP contribution in [0.25, 0.3) is 0 Å². The van der Waals surface area contributed by atoms with Crippen molar-refractivity contribution in [2.45, 2.75) is 36.5 Å². The van der Waals surface area contributed by atoms with E-state index in [2.05, 4.69) is 0 Å². The highest BCUT2D eigenvalue weighted by molar-refractivity contribution is 7.91. The van der Waals surface area contributed by atoms with Gasteiger partial charge < -0.3 is 4.74 Å². The molecule has 1 unspecified atom stereocenters. The molecule has 0 heterocycles. The fourth-order valence-corrected chi connectivity index (χ4v) is 4.88. The zero-order valence-electron chi connectivity index (χ0n) is 16.5. The van der Waals surface area contributed by atoms with E-state index < -0.39 is 15.1 Å². The Kier molecular flexibility index (Phi) is 6.49. The van der Waals surface area contributed by atoms with E-state index in [-0.39, 0.29) is 23.2 Å². The summed E-state index contributed by atoms with van der Waals surface area (Å²) in [7, 11) is -3.75. The van der Waals surface area contributed by atoms with Crippen LogP contribution in [-0.2, 0) is 9.84 Å². The number of rotatable bonds is 8. The van der Waals surface area contributed by atoms with Crippen LogP contribution in [0.5, 0.6) is 5.75 Å². The van der Waals surface area contributed by atoms with Crippen LogP contribution in [-0.4, -0.2) is 20.3 Å². The van der Waals surface area contributed by atoms with Gasteiger partial charge in [-0.25, -0.2) is 8.42 Å². The third-order valence-electron chi connectivity index (χ3n) is 4.54. The summed E-state index contributed by atoms with van der Waals surface area (Å²) in [5.74, 6) is 0.451. The molecule has 0 aliphatic heterocycles. The van der Waals surface area contributed by atoms with Crippen molar-refractivity contribution in [3.05, 3.63) is 96.1 Å². The molecule has 0 spiro atoms. The molecule has 5 heteroatoms. The second-order valence-electron chi connectivity index (χ2n) is 7.08. The molecule has 3 aromatic rings.